The summed E-state index contributed by atoms with van der Waals surface area (Å²) in [6.07, 6.45) is 4.07. The summed E-state index contributed by atoms with van der Waals surface area (Å²) in [4.78, 5) is 4.05. The van der Waals surface area contributed by atoms with Crippen molar-refractivity contribution in [2.24, 2.45) is 4.36 Å². The van der Waals surface area contributed by atoms with Crippen molar-refractivity contribution in [1.82, 2.24) is 4.98 Å². The number of hydrogen-bond donors (Lipinski definition) is 0. The summed E-state index contributed by atoms with van der Waals surface area (Å²) in [5.41, 5.74) is -0.893. The number of pyridine rings is 1. The third-order valence-corrected chi connectivity index (χ3v) is 2.68. The van der Waals surface area contributed by atoms with Crippen molar-refractivity contribution in [3.05, 3.63) is 22.8 Å². The van der Waals surface area contributed by atoms with Gasteiger partial charge in [-0.15, -0.1) is 0 Å². The molecule has 0 aliphatic carbocycles. The molecule has 0 radical (unpaired) electrons. The highest BCUT2D eigenvalue weighted by Crippen LogP contribution is 2.29. The summed E-state index contributed by atoms with van der Waals surface area (Å²) in [5, 5.41) is 0.292. The van der Waals surface area contributed by atoms with Gasteiger partial charge in [0.25, 0.3) is 0 Å². The van der Waals surface area contributed by atoms with Gasteiger partial charge in [0, 0.05) is 0 Å². The molecule has 15 heavy (non-hydrogen) atoms. The molecule has 0 bridgehead atoms. The van der Waals surface area contributed by atoms with E-state index in [1.165, 1.54) is 19.9 Å². The highest BCUT2D eigenvalue weighted by Gasteiger charge is 2.20. The highest BCUT2D eigenvalue weighted by atomic mass is 35.5. The van der Waals surface area contributed by atoms with E-state index in [1.807, 2.05) is 12.5 Å². The van der Waals surface area contributed by atoms with E-state index >= 15 is 0 Å². The van der Waals surface area contributed by atoms with E-state index < -0.39 is 16.4 Å². The van der Waals surface area contributed by atoms with Gasteiger partial charge in [-0.25, -0.2) is 24.4 Å². The lowest BCUT2D eigenvalue weighted by molar-refractivity contribution is 0.221. The fraction of sp³-hybridized carbons (Fsp3) is 0.500. The van der Waals surface area contributed by atoms with Gasteiger partial charge in [0.1, 0.15) is 10.8 Å². The summed E-state index contributed by atoms with van der Waals surface area (Å²) in [5.74, 6) is 0.530. The summed E-state index contributed by atoms with van der Waals surface area (Å²) >= 11 is 5.81. The smallest absolute Gasteiger partial charge is 0.158 e. The molecule has 0 spiro atoms. The number of alkyl halides is 1. The molecule has 0 fully saturated rings. The number of hydrogen-bond acceptors (Lipinski definition) is 2. The molecule has 0 aromatic carbocycles. The molecule has 0 aliphatic rings. The molecule has 1 rings (SSSR count). The molecule has 2 nitrogen and oxygen atoms in total. The van der Waals surface area contributed by atoms with Crippen LogP contribution in [0.25, 0.3) is 0 Å². The summed E-state index contributed by atoms with van der Waals surface area (Å²) in [6, 6.07) is 3.20. The zero-order valence-electron chi connectivity index (χ0n) is 9.31. The van der Waals surface area contributed by atoms with Crippen LogP contribution in [0.1, 0.15) is 19.4 Å². The molecule has 0 amide bonds. The van der Waals surface area contributed by atoms with Crippen LogP contribution in [0.5, 0.6) is 0 Å². The second-order valence-corrected chi connectivity index (χ2v) is 6.57. The topological polar surface area (TPSA) is 25.2 Å². The lowest BCUT2D eigenvalue weighted by Crippen LogP contribution is -2.09. The molecule has 1 heterocycles. The first kappa shape index (κ1) is 12.6. The van der Waals surface area contributed by atoms with Crippen molar-refractivity contribution in [2.45, 2.75) is 19.5 Å². The van der Waals surface area contributed by atoms with Crippen LogP contribution >= 0.6 is 11.6 Å². The van der Waals surface area contributed by atoms with Crippen molar-refractivity contribution in [3.8, 4) is 0 Å². The lowest BCUT2D eigenvalue weighted by atomic mass is 10.0. The van der Waals surface area contributed by atoms with Crippen LogP contribution in [0.2, 0.25) is 5.15 Å². The van der Waals surface area contributed by atoms with Gasteiger partial charge in [-0.2, -0.15) is 0 Å². The molecular formula is C10H16ClFN2S. The van der Waals surface area contributed by atoms with Crippen LogP contribution in [-0.4, -0.2) is 17.5 Å². The maximum Gasteiger partial charge on any atom is 0.158 e. The normalized spacial score (nSPS) is 12.5. The van der Waals surface area contributed by atoms with Gasteiger partial charge in [-0.3, -0.25) is 0 Å². The van der Waals surface area contributed by atoms with E-state index in [9.17, 15) is 4.39 Å². The minimum Gasteiger partial charge on any atom is -0.239 e. The molecule has 0 saturated heterocycles. The van der Waals surface area contributed by atoms with Crippen LogP contribution in [0.4, 0.5) is 10.2 Å². The Kier molecular flexibility index (Phi) is 3.84. The first-order chi connectivity index (χ1) is 6.79. The first-order valence-electron chi connectivity index (χ1n) is 4.68. The average Bonchev–Trinajstić information content (AvgIpc) is 1.99. The van der Waals surface area contributed by atoms with Crippen LogP contribution in [0.3, 0.4) is 0 Å². The van der Waals surface area contributed by atoms with E-state index in [1.54, 1.807) is 6.07 Å². The molecule has 0 N–H and O–H groups in total. The van der Waals surface area contributed by atoms with Crippen LogP contribution in [0, 0.1) is 0 Å². The molecule has 0 unspecified atom stereocenters. The summed E-state index contributed by atoms with van der Waals surface area (Å²) < 4.78 is 18.0. The Morgan fingerprint density at radius 3 is 2.47 bits per heavy atom. The SMILES string of the molecule is C[SH2](C)=Nc1cc(C(C)(C)F)cc(Cl)n1. The van der Waals surface area contributed by atoms with Crippen molar-refractivity contribution < 1.29 is 4.39 Å². The van der Waals surface area contributed by atoms with E-state index in [2.05, 4.69) is 9.35 Å². The third-order valence-electron chi connectivity index (χ3n) is 1.81. The molecule has 0 atom stereocenters. The van der Waals surface area contributed by atoms with Crippen molar-refractivity contribution in [2.75, 3.05) is 12.5 Å². The molecule has 1 aromatic heterocycles. The Labute approximate surface area is 97.0 Å². The van der Waals surface area contributed by atoms with Crippen LogP contribution in [0.15, 0.2) is 16.5 Å². The Morgan fingerprint density at radius 1 is 1.40 bits per heavy atom. The van der Waals surface area contributed by atoms with Gasteiger partial charge in [0.15, 0.2) is 5.82 Å². The van der Waals surface area contributed by atoms with E-state index in [0.29, 0.717) is 16.5 Å². The standard InChI is InChI=1S/C10H16ClFN2S/c1-10(2,12)7-5-8(11)13-9(6-7)14-15(3)4/h5-6H,15H2,1-4H3. The Hall–Kier alpha value is -0.480. The van der Waals surface area contributed by atoms with Gasteiger partial charge < -0.3 is 0 Å². The van der Waals surface area contributed by atoms with E-state index in [0.717, 1.165) is 0 Å². The fourth-order valence-electron chi connectivity index (χ4n) is 1.11. The largest absolute Gasteiger partial charge is 0.239 e. The van der Waals surface area contributed by atoms with E-state index in [-0.39, 0.29) is 0 Å². The van der Waals surface area contributed by atoms with Crippen molar-refractivity contribution >= 4 is 28.1 Å². The zero-order valence-corrected chi connectivity index (χ0v) is 11.1. The third kappa shape index (κ3) is 3.87. The van der Waals surface area contributed by atoms with Crippen LogP contribution in [-0.2, 0) is 16.4 Å². The monoisotopic (exact) mass is 250 g/mol. The molecule has 1 aromatic rings. The van der Waals surface area contributed by atoms with Crippen molar-refractivity contribution in [3.63, 3.8) is 0 Å². The summed E-state index contributed by atoms with van der Waals surface area (Å²) in [6.45, 7) is 2.98. The molecule has 0 aliphatic heterocycles. The lowest BCUT2D eigenvalue weighted by Gasteiger charge is -2.15. The number of aromatic nitrogens is 1. The predicted molar refractivity (Wildman–Crippen MR) is 67.5 cm³/mol. The minimum absolute atomic E-state index is 0.292. The van der Waals surface area contributed by atoms with Gasteiger partial charge in [-0.1, -0.05) is 11.6 Å². The maximum atomic E-state index is 13.7. The highest BCUT2D eigenvalue weighted by molar-refractivity contribution is 7.85. The summed E-state index contributed by atoms with van der Waals surface area (Å²) in [7, 11) is -0.783. The maximum absolute atomic E-state index is 13.7. The van der Waals surface area contributed by atoms with Gasteiger partial charge in [-0.05, 0) is 44.1 Å². The predicted octanol–water partition coefficient (Wildman–Crippen LogP) is 3.10. The van der Waals surface area contributed by atoms with Gasteiger partial charge >= 0.3 is 0 Å². The zero-order chi connectivity index (χ0) is 11.6. The second kappa shape index (κ2) is 4.58. The Balaban J connectivity index is 3.23. The quantitative estimate of drug-likeness (QED) is 0.741. The van der Waals surface area contributed by atoms with Gasteiger partial charge in [0.2, 0.25) is 0 Å². The average molecular weight is 251 g/mol. The number of halogens is 2. The first-order valence-corrected chi connectivity index (χ1v) is 7.50. The Morgan fingerprint density at radius 2 is 2.00 bits per heavy atom. The molecular weight excluding hydrogens is 235 g/mol. The number of rotatable bonds is 2. The minimum atomic E-state index is -1.41. The van der Waals surface area contributed by atoms with Gasteiger partial charge in [0.05, 0.1) is 0 Å². The Bertz CT molecular complexity index is 395. The fourth-order valence-corrected chi connectivity index (χ4v) is 1.89. The molecule has 0 saturated carbocycles. The van der Waals surface area contributed by atoms with Crippen LogP contribution < -0.4 is 0 Å². The number of nitrogens with zero attached hydrogens (tertiary/aromatic N) is 2. The molecule has 86 valence electrons. The van der Waals surface area contributed by atoms with Crippen molar-refractivity contribution in [1.29, 1.82) is 0 Å². The molecule has 5 heteroatoms. The second-order valence-electron chi connectivity index (χ2n) is 4.07. The van der Waals surface area contributed by atoms with E-state index in [4.69, 9.17) is 11.6 Å².